The topological polar surface area (TPSA) is 64.7 Å². The van der Waals surface area contributed by atoms with Crippen molar-refractivity contribution in [1.82, 2.24) is 19.6 Å². The molecular weight excluding hydrogens is 487 g/mol. The van der Waals surface area contributed by atoms with Crippen molar-refractivity contribution in [3.05, 3.63) is 62.7 Å². The number of aromatic nitrogens is 4. The molecule has 11 heteroatoms. The Morgan fingerprint density at radius 3 is 2.70 bits per heavy atom. The Bertz CT molecular complexity index is 1100. The first-order valence-corrected chi connectivity index (χ1v) is 10.3. The third-order valence-corrected chi connectivity index (χ3v) is 5.77. The summed E-state index contributed by atoms with van der Waals surface area (Å²) >= 11 is 9.33. The first-order chi connectivity index (χ1) is 14.3. The first kappa shape index (κ1) is 20.9. The van der Waals surface area contributed by atoms with Gasteiger partial charge in [0.05, 0.1) is 16.7 Å². The number of carbonyl (C=O) groups is 1. The average Bonchev–Trinajstić information content (AvgIpc) is 3.38. The number of carbonyl (C=O) groups excluding carboxylic acids is 1. The van der Waals surface area contributed by atoms with Gasteiger partial charge in [0, 0.05) is 17.7 Å². The quantitative estimate of drug-likeness (QED) is 0.487. The molecule has 0 aliphatic heterocycles. The smallest absolute Gasteiger partial charge is 0.283 e. The number of nitrogens with zero attached hydrogens (tertiary/aromatic N) is 4. The van der Waals surface area contributed by atoms with Gasteiger partial charge in [-0.15, -0.1) is 0 Å². The standard InChI is InChI=1S/C19H16BrClF3N5O/c20-15-16(18(23)24)26-29(17(15)10-5-6-10)9-14(30)25-19-12(21)8-28(27-19)7-11-3-1-2-4-13(11)22/h1-4,8,10,18H,5-7,9H2,(H,25,27,30). The molecule has 0 atom stereocenters. The summed E-state index contributed by atoms with van der Waals surface area (Å²) in [6, 6.07) is 6.26. The van der Waals surface area contributed by atoms with E-state index in [0.29, 0.717) is 11.3 Å². The van der Waals surface area contributed by atoms with Crippen LogP contribution in [-0.2, 0) is 17.9 Å². The van der Waals surface area contributed by atoms with E-state index in [2.05, 4.69) is 31.4 Å². The Kier molecular flexibility index (Phi) is 5.88. The molecule has 2 heterocycles. The summed E-state index contributed by atoms with van der Waals surface area (Å²) in [6.45, 7) is -0.119. The largest absolute Gasteiger partial charge is 0.306 e. The number of amides is 1. The van der Waals surface area contributed by atoms with Gasteiger partial charge >= 0.3 is 0 Å². The molecule has 3 aromatic rings. The van der Waals surface area contributed by atoms with E-state index in [1.807, 2.05) is 0 Å². The van der Waals surface area contributed by atoms with Crippen LogP contribution >= 0.6 is 27.5 Å². The van der Waals surface area contributed by atoms with E-state index >= 15 is 0 Å². The van der Waals surface area contributed by atoms with E-state index in [0.717, 1.165) is 12.8 Å². The molecule has 158 valence electrons. The van der Waals surface area contributed by atoms with Crippen LogP contribution in [0.25, 0.3) is 0 Å². The minimum atomic E-state index is -2.75. The first-order valence-electron chi connectivity index (χ1n) is 9.14. The maximum atomic E-state index is 13.8. The van der Waals surface area contributed by atoms with Gasteiger partial charge in [-0.05, 0) is 34.8 Å². The molecule has 0 unspecified atom stereocenters. The second-order valence-electron chi connectivity index (χ2n) is 6.98. The van der Waals surface area contributed by atoms with Gasteiger partial charge in [-0.3, -0.25) is 14.2 Å². The predicted octanol–water partition coefficient (Wildman–Crippen LogP) is 5.14. The monoisotopic (exact) mass is 501 g/mol. The average molecular weight is 503 g/mol. The van der Waals surface area contributed by atoms with Crippen LogP contribution in [0, 0.1) is 5.82 Å². The molecule has 30 heavy (non-hydrogen) atoms. The highest BCUT2D eigenvalue weighted by atomic mass is 79.9. The van der Waals surface area contributed by atoms with E-state index in [4.69, 9.17) is 11.6 Å². The third-order valence-electron chi connectivity index (χ3n) is 4.69. The van der Waals surface area contributed by atoms with Crippen LogP contribution in [0.15, 0.2) is 34.9 Å². The van der Waals surface area contributed by atoms with Crippen LogP contribution < -0.4 is 5.32 Å². The number of hydrogen-bond acceptors (Lipinski definition) is 3. The van der Waals surface area contributed by atoms with Crippen LogP contribution in [0.2, 0.25) is 5.02 Å². The second kappa shape index (κ2) is 8.43. The molecular formula is C19H16BrClF3N5O. The van der Waals surface area contributed by atoms with Crippen molar-refractivity contribution in [2.75, 3.05) is 5.32 Å². The van der Waals surface area contributed by atoms with Crippen LogP contribution in [0.4, 0.5) is 19.0 Å². The summed E-state index contributed by atoms with van der Waals surface area (Å²) in [5.74, 6) is -0.672. The molecule has 1 aromatic carbocycles. The molecule has 4 rings (SSSR count). The van der Waals surface area contributed by atoms with Gasteiger partial charge in [0.25, 0.3) is 6.43 Å². The molecule has 6 nitrogen and oxygen atoms in total. The zero-order valence-corrected chi connectivity index (χ0v) is 17.8. The molecule has 0 spiro atoms. The van der Waals surface area contributed by atoms with Gasteiger partial charge in [0.1, 0.15) is 23.1 Å². The maximum Gasteiger partial charge on any atom is 0.283 e. The van der Waals surface area contributed by atoms with Crippen LogP contribution in [0.1, 0.15) is 42.1 Å². The van der Waals surface area contributed by atoms with Crippen molar-refractivity contribution in [1.29, 1.82) is 0 Å². The lowest BCUT2D eigenvalue weighted by molar-refractivity contribution is -0.117. The van der Waals surface area contributed by atoms with Crippen molar-refractivity contribution in [2.45, 2.75) is 38.3 Å². The van der Waals surface area contributed by atoms with Gasteiger partial charge in [-0.25, -0.2) is 13.2 Å². The fraction of sp³-hybridized carbons (Fsp3) is 0.316. The van der Waals surface area contributed by atoms with E-state index in [1.165, 1.54) is 21.6 Å². The number of alkyl halides is 2. The molecule has 0 bridgehead atoms. The fourth-order valence-corrected chi connectivity index (χ4v) is 4.13. The van der Waals surface area contributed by atoms with E-state index in [-0.39, 0.29) is 45.8 Å². The molecule has 1 amide bonds. The Balaban J connectivity index is 1.48. The Morgan fingerprint density at radius 2 is 2.03 bits per heavy atom. The summed E-state index contributed by atoms with van der Waals surface area (Å²) in [6.07, 6.45) is 0.449. The molecule has 1 aliphatic rings. The lowest BCUT2D eigenvalue weighted by Gasteiger charge is -2.07. The van der Waals surface area contributed by atoms with Gasteiger partial charge < -0.3 is 5.32 Å². The zero-order chi connectivity index (χ0) is 21.4. The summed E-state index contributed by atoms with van der Waals surface area (Å²) in [4.78, 5) is 12.5. The van der Waals surface area contributed by atoms with Crippen LogP contribution in [-0.4, -0.2) is 25.5 Å². The number of benzene rings is 1. The molecule has 1 saturated carbocycles. The molecule has 2 aromatic heterocycles. The van der Waals surface area contributed by atoms with Crippen molar-refractivity contribution in [3.8, 4) is 0 Å². The molecule has 0 saturated heterocycles. The highest BCUT2D eigenvalue weighted by molar-refractivity contribution is 9.10. The highest BCUT2D eigenvalue weighted by Crippen LogP contribution is 2.45. The lowest BCUT2D eigenvalue weighted by atomic mass is 10.2. The minimum Gasteiger partial charge on any atom is -0.306 e. The van der Waals surface area contributed by atoms with Crippen molar-refractivity contribution < 1.29 is 18.0 Å². The Labute approximate surface area is 183 Å². The number of anilines is 1. The highest BCUT2D eigenvalue weighted by Gasteiger charge is 2.34. The van der Waals surface area contributed by atoms with Crippen LogP contribution in [0.3, 0.4) is 0 Å². The Morgan fingerprint density at radius 1 is 1.30 bits per heavy atom. The zero-order valence-electron chi connectivity index (χ0n) is 15.5. The lowest BCUT2D eigenvalue weighted by Crippen LogP contribution is -2.21. The summed E-state index contributed by atoms with van der Waals surface area (Å²) in [5.41, 5.74) is 0.637. The molecule has 0 radical (unpaired) electrons. The van der Waals surface area contributed by atoms with Gasteiger partial charge in [-0.1, -0.05) is 29.8 Å². The van der Waals surface area contributed by atoms with Gasteiger partial charge in [0.2, 0.25) is 5.91 Å². The minimum absolute atomic E-state index is 0.103. The van der Waals surface area contributed by atoms with Gasteiger partial charge in [0.15, 0.2) is 5.82 Å². The summed E-state index contributed by atoms with van der Waals surface area (Å²) in [7, 11) is 0. The van der Waals surface area contributed by atoms with E-state index in [9.17, 15) is 18.0 Å². The predicted molar refractivity (Wildman–Crippen MR) is 108 cm³/mol. The number of rotatable bonds is 7. The van der Waals surface area contributed by atoms with Crippen molar-refractivity contribution in [2.24, 2.45) is 0 Å². The number of halogens is 5. The maximum absolute atomic E-state index is 13.8. The van der Waals surface area contributed by atoms with Crippen molar-refractivity contribution in [3.63, 3.8) is 0 Å². The van der Waals surface area contributed by atoms with Crippen LogP contribution in [0.5, 0.6) is 0 Å². The molecule has 1 fully saturated rings. The second-order valence-corrected chi connectivity index (χ2v) is 8.18. The fourth-order valence-electron chi connectivity index (χ4n) is 3.15. The van der Waals surface area contributed by atoms with Crippen molar-refractivity contribution >= 4 is 39.3 Å². The van der Waals surface area contributed by atoms with Gasteiger partial charge in [-0.2, -0.15) is 10.2 Å². The van der Waals surface area contributed by atoms with E-state index < -0.39 is 12.3 Å². The Hall–Kier alpha value is -2.33. The number of hydrogen-bond donors (Lipinski definition) is 1. The SMILES string of the molecule is O=C(Cn1nc(C(F)F)c(Br)c1C1CC1)Nc1nn(Cc2ccccc2F)cc1Cl. The molecule has 1 N–H and O–H groups in total. The summed E-state index contributed by atoms with van der Waals surface area (Å²) < 4.78 is 43.2. The third kappa shape index (κ3) is 4.39. The van der Waals surface area contributed by atoms with E-state index in [1.54, 1.807) is 18.2 Å². The summed E-state index contributed by atoms with van der Waals surface area (Å²) in [5, 5.41) is 10.8. The normalized spacial score (nSPS) is 13.8. The number of nitrogens with one attached hydrogen (secondary N) is 1. The molecule has 1 aliphatic carbocycles.